The lowest BCUT2D eigenvalue weighted by Crippen LogP contribution is -2.49. The van der Waals surface area contributed by atoms with Gasteiger partial charge < -0.3 is 14.6 Å². The minimum atomic E-state index is -4.01. The molecule has 13 heteroatoms. The number of anilines is 2. The molecule has 1 N–H and O–H groups in total. The van der Waals surface area contributed by atoms with Crippen molar-refractivity contribution in [2.24, 2.45) is 0 Å². The number of methoxy groups -OCH3 is 2. The Hall–Kier alpha value is -4.23. The maximum atomic E-state index is 15.3. The Labute approximate surface area is 216 Å². The number of ether oxygens (including phenoxy) is 2. The lowest BCUT2D eigenvalue weighted by molar-refractivity contribution is 0.244. The normalized spacial score (nSPS) is 13.7. The van der Waals surface area contributed by atoms with E-state index in [9.17, 15) is 18.3 Å². The molecule has 0 saturated carbocycles. The lowest BCUT2D eigenvalue weighted by Gasteiger charge is -2.37. The van der Waals surface area contributed by atoms with E-state index < -0.39 is 40.0 Å². The van der Waals surface area contributed by atoms with Crippen LogP contribution < -0.4 is 19.3 Å². The molecule has 4 aromatic rings. The van der Waals surface area contributed by atoms with Gasteiger partial charge >= 0.3 is 6.03 Å². The highest BCUT2D eigenvalue weighted by Gasteiger charge is 2.38. The van der Waals surface area contributed by atoms with Gasteiger partial charge in [-0.05, 0) is 18.2 Å². The van der Waals surface area contributed by atoms with E-state index in [1.54, 1.807) is 18.2 Å². The largest absolute Gasteiger partial charge is 0.493 e. The first-order chi connectivity index (χ1) is 18.2. The Balaban J connectivity index is 1.69. The minimum absolute atomic E-state index is 0.0457. The Morgan fingerprint density at radius 1 is 1.03 bits per heavy atom. The molecule has 0 aliphatic carbocycles. The molecule has 0 fully saturated rings. The fourth-order valence-electron chi connectivity index (χ4n) is 4.50. The molecule has 1 aliphatic heterocycles. The van der Waals surface area contributed by atoms with Crippen molar-refractivity contribution >= 4 is 38.5 Å². The Morgan fingerprint density at radius 3 is 2.29 bits per heavy atom. The molecule has 0 saturated heterocycles. The van der Waals surface area contributed by atoms with Crippen molar-refractivity contribution in [3.8, 4) is 11.5 Å². The van der Waals surface area contributed by atoms with Crippen LogP contribution in [0, 0.1) is 11.6 Å². The van der Waals surface area contributed by atoms with E-state index >= 15 is 8.78 Å². The van der Waals surface area contributed by atoms with Crippen molar-refractivity contribution in [1.29, 1.82) is 0 Å². The molecule has 38 heavy (non-hydrogen) atoms. The molecule has 2 aromatic carbocycles. The summed E-state index contributed by atoms with van der Waals surface area (Å²) < 4.78 is 68.1. The number of aromatic nitrogens is 2. The van der Waals surface area contributed by atoms with Crippen LogP contribution in [-0.2, 0) is 16.6 Å². The molecule has 0 atom stereocenters. The second-order valence-electron chi connectivity index (χ2n) is 8.30. The van der Waals surface area contributed by atoms with Gasteiger partial charge in [0, 0.05) is 29.4 Å². The molecule has 3 heterocycles. The third kappa shape index (κ3) is 3.82. The Morgan fingerprint density at radius 2 is 1.68 bits per heavy atom. The number of urea groups is 1. The third-order valence-corrected chi connectivity index (χ3v) is 7.91. The van der Waals surface area contributed by atoms with E-state index in [1.165, 1.54) is 44.8 Å². The molecule has 0 bridgehead atoms. The Kier molecular flexibility index (Phi) is 6.41. The van der Waals surface area contributed by atoms with Crippen LogP contribution in [0.15, 0.2) is 59.8 Å². The van der Waals surface area contributed by atoms with Crippen LogP contribution in [0.5, 0.6) is 11.5 Å². The van der Waals surface area contributed by atoms with Crippen molar-refractivity contribution in [3.05, 3.63) is 72.1 Å². The van der Waals surface area contributed by atoms with Crippen molar-refractivity contribution in [3.63, 3.8) is 0 Å². The van der Waals surface area contributed by atoms with Gasteiger partial charge in [0.15, 0.2) is 28.8 Å². The molecule has 10 nitrogen and oxygen atoms in total. The summed E-state index contributed by atoms with van der Waals surface area (Å²) in [5.41, 5.74) is 0.0188. The van der Waals surface area contributed by atoms with Gasteiger partial charge in [0.2, 0.25) is 0 Å². The second-order valence-corrected chi connectivity index (χ2v) is 10.1. The number of nitrogens with zero attached hydrogens (tertiary/aromatic N) is 4. The molecule has 2 aromatic heterocycles. The van der Waals surface area contributed by atoms with Gasteiger partial charge in [0.1, 0.15) is 5.69 Å². The number of aliphatic hydroxyl groups is 1. The van der Waals surface area contributed by atoms with Crippen LogP contribution in [0.25, 0.3) is 11.0 Å². The summed E-state index contributed by atoms with van der Waals surface area (Å²) >= 11 is 0. The number of rotatable bonds is 7. The van der Waals surface area contributed by atoms with Crippen LogP contribution in [0.3, 0.4) is 0 Å². The van der Waals surface area contributed by atoms with E-state index in [-0.39, 0.29) is 40.8 Å². The average Bonchev–Trinajstić information content (AvgIpc) is 3.37. The van der Waals surface area contributed by atoms with E-state index in [0.29, 0.717) is 10.9 Å². The summed E-state index contributed by atoms with van der Waals surface area (Å²) in [6.07, 6.45) is 2.66. The summed E-state index contributed by atoms with van der Waals surface area (Å²) in [7, 11) is -1.62. The number of aliphatic hydroxyl groups excluding tert-OH is 1. The van der Waals surface area contributed by atoms with Crippen LogP contribution in [-0.4, -0.2) is 55.9 Å². The maximum Gasteiger partial charge on any atom is 0.329 e. The van der Waals surface area contributed by atoms with Crippen LogP contribution in [0.1, 0.15) is 5.56 Å². The van der Waals surface area contributed by atoms with Gasteiger partial charge in [0.05, 0.1) is 44.5 Å². The van der Waals surface area contributed by atoms with Gasteiger partial charge in [-0.2, -0.15) is 0 Å². The number of amides is 2. The molecule has 1 aliphatic rings. The Bertz CT molecular complexity index is 1630. The number of halogens is 2. The van der Waals surface area contributed by atoms with E-state index in [0.717, 1.165) is 19.8 Å². The molecule has 0 spiro atoms. The number of β-amino-alcohol motifs (C(OH)–C–C–N with tert-alkyl or cyclic N) is 1. The molecule has 2 amide bonds. The number of benzene rings is 2. The number of carbonyl (C=O) groups is 1. The minimum Gasteiger partial charge on any atom is -0.493 e. The first kappa shape index (κ1) is 25.4. The average molecular weight is 545 g/mol. The monoisotopic (exact) mass is 544 g/mol. The number of hydrogen-bond donors (Lipinski definition) is 1. The molecule has 0 radical (unpaired) electrons. The number of fused-ring (bicyclic) bond motifs is 3. The smallest absolute Gasteiger partial charge is 0.329 e. The summed E-state index contributed by atoms with van der Waals surface area (Å²) in [5.74, 6) is -2.88. The van der Waals surface area contributed by atoms with E-state index in [2.05, 4.69) is 4.98 Å². The molecule has 198 valence electrons. The molecule has 0 unspecified atom stereocenters. The van der Waals surface area contributed by atoms with Crippen molar-refractivity contribution in [1.82, 2.24) is 8.96 Å². The molecular weight excluding hydrogens is 522 g/mol. The third-order valence-electron chi connectivity index (χ3n) is 6.23. The van der Waals surface area contributed by atoms with Crippen LogP contribution in [0.4, 0.5) is 25.0 Å². The summed E-state index contributed by atoms with van der Waals surface area (Å²) in [5, 5.41) is 10.0. The topological polar surface area (TPSA) is 114 Å². The van der Waals surface area contributed by atoms with Gasteiger partial charge in [-0.25, -0.2) is 30.9 Å². The highest BCUT2D eigenvalue weighted by molar-refractivity contribution is 7.90. The summed E-state index contributed by atoms with van der Waals surface area (Å²) in [6.45, 7) is -1.000. The lowest BCUT2D eigenvalue weighted by atomic mass is 10.1. The van der Waals surface area contributed by atoms with E-state index in [4.69, 9.17) is 9.47 Å². The van der Waals surface area contributed by atoms with Crippen LogP contribution >= 0.6 is 0 Å². The zero-order chi connectivity index (χ0) is 27.2. The van der Waals surface area contributed by atoms with Gasteiger partial charge in [-0.15, -0.1) is 0 Å². The van der Waals surface area contributed by atoms with Crippen molar-refractivity contribution < 1.29 is 36.6 Å². The SMILES string of the molecule is COc1cc(OC)c(F)c(N2Cc3cnc4c(ccn4S(=O)(=O)c4ccccc4)c3N(CCO)C2=O)c1F. The molecular formula is C25H22F2N4O6S. The molecule has 5 rings (SSSR count). The first-order valence-electron chi connectivity index (χ1n) is 11.3. The van der Waals surface area contributed by atoms with Crippen LogP contribution in [0.2, 0.25) is 0 Å². The number of carbonyl (C=O) groups excluding carboxylic acids is 1. The predicted octanol–water partition coefficient (Wildman–Crippen LogP) is 3.51. The van der Waals surface area contributed by atoms with Gasteiger partial charge in [-0.3, -0.25) is 9.80 Å². The second kappa shape index (κ2) is 9.58. The van der Waals surface area contributed by atoms with Gasteiger partial charge in [-0.1, -0.05) is 18.2 Å². The highest BCUT2D eigenvalue weighted by Crippen LogP contribution is 2.42. The summed E-state index contributed by atoms with van der Waals surface area (Å²) in [4.78, 5) is 20.0. The first-order valence-corrected chi connectivity index (χ1v) is 12.8. The zero-order valence-electron chi connectivity index (χ0n) is 20.3. The van der Waals surface area contributed by atoms with Gasteiger partial charge in [0.25, 0.3) is 10.0 Å². The number of hydrogen-bond acceptors (Lipinski definition) is 7. The standard InChI is InChI=1S/C25H22F2N4O6S/c1-36-18-12-19(37-2)21(27)23(20(18)26)30-14-15-13-28-24-17(22(15)29(10-11-32)25(30)33)8-9-31(24)38(34,35)16-6-4-3-5-7-16/h3-9,12-13,32H,10-11,14H2,1-2H3. The van der Waals surface area contributed by atoms with Crippen molar-refractivity contribution in [2.45, 2.75) is 11.4 Å². The maximum absolute atomic E-state index is 15.3. The predicted molar refractivity (Wildman–Crippen MR) is 134 cm³/mol. The van der Waals surface area contributed by atoms with E-state index in [1.807, 2.05) is 0 Å². The van der Waals surface area contributed by atoms with Crippen molar-refractivity contribution in [2.75, 3.05) is 37.2 Å². The fourth-order valence-corrected chi connectivity index (χ4v) is 5.82. The zero-order valence-corrected chi connectivity index (χ0v) is 21.1. The highest BCUT2D eigenvalue weighted by atomic mass is 32.2. The fraction of sp³-hybridized carbons (Fsp3) is 0.200. The number of pyridine rings is 1. The summed E-state index contributed by atoms with van der Waals surface area (Å²) in [6, 6.07) is 9.45. The quantitative estimate of drug-likeness (QED) is 0.379.